The number of rotatable bonds is 3. The first-order valence-electron chi connectivity index (χ1n) is 9.68. The maximum absolute atomic E-state index is 12.4. The van der Waals surface area contributed by atoms with E-state index >= 15 is 0 Å². The molecule has 0 radical (unpaired) electrons. The van der Waals surface area contributed by atoms with Gasteiger partial charge in [-0.25, -0.2) is 19.7 Å². The number of nitrogens with zero attached hydrogens (tertiary/aromatic N) is 3. The smallest absolute Gasteiger partial charge is 0.410 e. The lowest BCUT2D eigenvalue weighted by atomic mass is 10.1. The van der Waals surface area contributed by atoms with Gasteiger partial charge in [-0.15, -0.1) is 0 Å². The molecule has 1 aliphatic heterocycles. The average molecular weight is 431 g/mol. The number of fused-ring (bicyclic) bond motifs is 1. The summed E-state index contributed by atoms with van der Waals surface area (Å²) in [6.45, 7) is 6.64. The number of aromatic amines is 2. The van der Waals surface area contributed by atoms with E-state index in [0.717, 1.165) is 17.2 Å². The van der Waals surface area contributed by atoms with Gasteiger partial charge in [0.2, 0.25) is 0 Å². The van der Waals surface area contributed by atoms with Crippen LogP contribution in [0.2, 0.25) is 5.02 Å². The molecule has 158 valence electrons. The van der Waals surface area contributed by atoms with Crippen LogP contribution >= 0.6 is 11.6 Å². The van der Waals surface area contributed by atoms with E-state index in [1.807, 2.05) is 39.0 Å². The number of carbonyl (C=O) groups excluding carboxylic acids is 1. The van der Waals surface area contributed by atoms with E-state index in [-0.39, 0.29) is 12.1 Å². The van der Waals surface area contributed by atoms with Crippen molar-refractivity contribution in [3.63, 3.8) is 0 Å². The summed E-state index contributed by atoms with van der Waals surface area (Å²) < 4.78 is 5.47. The molecule has 0 aliphatic carbocycles. The van der Waals surface area contributed by atoms with Gasteiger partial charge >= 0.3 is 11.8 Å². The fraction of sp³-hybridized carbons (Fsp3) is 0.400. The molecule has 3 aromatic rings. The largest absolute Gasteiger partial charge is 0.444 e. The summed E-state index contributed by atoms with van der Waals surface area (Å²) >= 11 is 6.20. The average Bonchev–Trinajstić information content (AvgIpc) is 3.30. The van der Waals surface area contributed by atoms with Crippen LogP contribution in [0.25, 0.3) is 22.3 Å². The van der Waals surface area contributed by atoms with Crippen LogP contribution in [-0.4, -0.2) is 55.9 Å². The second-order valence-electron chi connectivity index (χ2n) is 8.30. The number of hydrogen-bond acceptors (Lipinski definition) is 6. The molecular weight excluding hydrogens is 408 g/mol. The van der Waals surface area contributed by atoms with E-state index < -0.39 is 11.3 Å². The van der Waals surface area contributed by atoms with Crippen molar-refractivity contribution < 1.29 is 9.53 Å². The number of nitrogens with one attached hydrogen (secondary N) is 3. The van der Waals surface area contributed by atoms with Gasteiger partial charge in [-0.1, -0.05) is 17.7 Å². The summed E-state index contributed by atoms with van der Waals surface area (Å²) in [5.41, 5.74) is -0.416. The van der Waals surface area contributed by atoms with Gasteiger partial charge < -0.3 is 15.0 Å². The van der Waals surface area contributed by atoms with Crippen molar-refractivity contribution in [1.82, 2.24) is 25.1 Å². The maximum Gasteiger partial charge on any atom is 0.410 e. The number of H-pyrrole nitrogens is 2. The third-order valence-electron chi connectivity index (χ3n) is 4.72. The first-order chi connectivity index (χ1) is 14.2. The number of anilines is 1. The van der Waals surface area contributed by atoms with Gasteiger partial charge in [0.1, 0.15) is 17.1 Å². The summed E-state index contributed by atoms with van der Waals surface area (Å²) in [5.74, 6) is 0.964. The highest BCUT2D eigenvalue weighted by Crippen LogP contribution is 2.30. The second-order valence-corrected chi connectivity index (χ2v) is 8.74. The fourth-order valence-corrected chi connectivity index (χ4v) is 3.58. The van der Waals surface area contributed by atoms with Crippen LogP contribution in [0.1, 0.15) is 27.2 Å². The Morgan fingerprint density at radius 1 is 1.33 bits per heavy atom. The highest BCUT2D eigenvalue weighted by atomic mass is 35.5. The lowest BCUT2D eigenvalue weighted by Gasteiger charge is -2.24. The van der Waals surface area contributed by atoms with Gasteiger partial charge in [0, 0.05) is 29.5 Å². The summed E-state index contributed by atoms with van der Waals surface area (Å²) in [6.07, 6.45) is 0.433. The summed E-state index contributed by atoms with van der Waals surface area (Å²) in [7, 11) is 0. The van der Waals surface area contributed by atoms with Crippen LogP contribution in [0.5, 0.6) is 0 Å². The van der Waals surface area contributed by atoms with Crippen LogP contribution in [0.3, 0.4) is 0 Å². The molecule has 1 aliphatic rings. The molecule has 4 rings (SSSR count). The molecule has 1 saturated heterocycles. The molecule has 0 bridgehead atoms. The van der Waals surface area contributed by atoms with E-state index in [0.29, 0.717) is 35.4 Å². The zero-order valence-corrected chi connectivity index (χ0v) is 17.7. The SMILES string of the molecule is CC(C)(C)OC(=O)N1CC[C@H](Nc2nc(-c3n[nH]c(=O)[nH]3)cc3ccc(Cl)cc23)C1. The molecule has 1 aromatic carbocycles. The van der Waals surface area contributed by atoms with Crippen LogP contribution in [0.4, 0.5) is 10.6 Å². The molecule has 1 amide bonds. The Morgan fingerprint density at radius 2 is 2.13 bits per heavy atom. The fourth-order valence-electron chi connectivity index (χ4n) is 3.41. The Morgan fingerprint density at radius 3 is 2.83 bits per heavy atom. The Kier molecular flexibility index (Phi) is 5.15. The number of aromatic nitrogens is 4. The van der Waals surface area contributed by atoms with Crippen LogP contribution in [-0.2, 0) is 4.74 Å². The number of benzene rings is 1. The van der Waals surface area contributed by atoms with E-state index in [1.54, 1.807) is 11.0 Å². The second kappa shape index (κ2) is 7.64. The van der Waals surface area contributed by atoms with Gasteiger partial charge in [0.15, 0.2) is 5.82 Å². The minimum absolute atomic E-state index is 0.000632. The number of carbonyl (C=O) groups is 1. The quantitative estimate of drug-likeness (QED) is 0.586. The van der Waals surface area contributed by atoms with E-state index in [9.17, 15) is 9.59 Å². The normalized spacial score (nSPS) is 16.8. The van der Waals surface area contributed by atoms with E-state index in [2.05, 4.69) is 25.5 Å². The van der Waals surface area contributed by atoms with Crippen molar-refractivity contribution in [2.45, 2.75) is 38.8 Å². The van der Waals surface area contributed by atoms with Gasteiger partial charge in [-0.3, -0.25) is 4.98 Å². The first kappa shape index (κ1) is 20.2. The molecule has 0 spiro atoms. The zero-order valence-electron chi connectivity index (χ0n) is 17.0. The summed E-state index contributed by atoms with van der Waals surface area (Å²) in [4.78, 5) is 32.8. The Labute approximate surface area is 177 Å². The number of halogens is 1. The van der Waals surface area contributed by atoms with Gasteiger partial charge in [0.25, 0.3) is 0 Å². The molecular formula is C20H23ClN6O3. The minimum Gasteiger partial charge on any atom is -0.444 e. The van der Waals surface area contributed by atoms with Gasteiger partial charge in [-0.2, -0.15) is 5.10 Å². The first-order valence-corrected chi connectivity index (χ1v) is 10.1. The highest BCUT2D eigenvalue weighted by molar-refractivity contribution is 6.31. The summed E-state index contributed by atoms with van der Waals surface area (Å²) in [6, 6.07) is 7.36. The third kappa shape index (κ3) is 4.40. The van der Waals surface area contributed by atoms with E-state index in [1.165, 1.54) is 0 Å². The monoisotopic (exact) mass is 430 g/mol. The molecule has 3 heterocycles. The molecule has 0 unspecified atom stereocenters. The number of likely N-dealkylation sites (tertiary alicyclic amines) is 1. The molecule has 3 N–H and O–H groups in total. The Hall–Kier alpha value is -3.07. The third-order valence-corrected chi connectivity index (χ3v) is 4.95. The lowest BCUT2D eigenvalue weighted by molar-refractivity contribution is 0.0293. The predicted molar refractivity (Wildman–Crippen MR) is 115 cm³/mol. The molecule has 1 fully saturated rings. The maximum atomic E-state index is 12.4. The highest BCUT2D eigenvalue weighted by Gasteiger charge is 2.30. The van der Waals surface area contributed by atoms with Crippen LogP contribution < -0.4 is 11.0 Å². The number of hydrogen-bond donors (Lipinski definition) is 3. The Bertz CT molecular complexity index is 1150. The van der Waals surface area contributed by atoms with Gasteiger partial charge in [0.05, 0.1) is 0 Å². The minimum atomic E-state index is -0.536. The standard InChI is InChI=1S/C20H23ClN6O3/c1-20(2,3)30-19(29)27-7-6-13(10-27)22-16-14-9-12(21)5-4-11(14)8-15(23-16)17-24-18(28)26-25-17/h4-5,8-9,13H,6-7,10H2,1-3H3,(H,22,23)(H2,24,25,26,28)/t13-/m0/s1. The van der Waals surface area contributed by atoms with Crippen molar-refractivity contribution in [1.29, 1.82) is 0 Å². The van der Waals surface area contributed by atoms with Crippen molar-refractivity contribution in [2.24, 2.45) is 0 Å². The van der Waals surface area contributed by atoms with Crippen molar-refractivity contribution >= 4 is 34.3 Å². The topological polar surface area (TPSA) is 116 Å². The van der Waals surface area contributed by atoms with E-state index in [4.69, 9.17) is 16.3 Å². The zero-order chi connectivity index (χ0) is 21.5. The number of ether oxygens (including phenoxy) is 1. The van der Waals surface area contributed by atoms with Crippen molar-refractivity contribution in [2.75, 3.05) is 18.4 Å². The number of amides is 1. The molecule has 0 saturated carbocycles. The van der Waals surface area contributed by atoms with Gasteiger partial charge in [-0.05, 0) is 50.8 Å². The van der Waals surface area contributed by atoms with Crippen molar-refractivity contribution in [3.05, 3.63) is 39.8 Å². The number of pyridine rings is 1. The molecule has 9 nitrogen and oxygen atoms in total. The lowest BCUT2D eigenvalue weighted by Crippen LogP contribution is -2.36. The Balaban J connectivity index is 1.61. The van der Waals surface area contributed by atoms with Crippen LogP contribution in [0.15, 0.2) is 29.1 Å². The van der Waals surface area contributed by atoms with Crippen molar-refractivity contribution in [3.8, 4) is 11.5 Å². The molecule has 1 atom stereocenters. The molecule has 2 aromatic heterocycles. The van der Waals surface area contributed by atoms with Crippen LogP contribution in [0, 0.1) is 0 Å². The molecule has 30 heavy (non-hydrogen) atoms. The predicted octanol–water partition coefficient (Wildman–Crippen LogP) is 3.39. The summed E-state index contributed by atoms with van der Waals surface area (Å²) in [5, 5.41) is 12.1. The molecule has 10 heteroatoms.